The van der Waals surface area contributed by atoms with E-state index in [1.165, 1.54) is 11.3 Å². The summed E-state index contributed by atoms with van der Waals surface area (Å²) in [5.74, 6) is -4.16. The lowest BCUT2D eigenvalue weighted by Gasteiger charge is -2.17. The van der Waals surface area contributed by atoms with Crippen molar-refractivity contribution < 1.29 is 39.0 Å². The molecule has 260 valence electrons. The molecule has 0 aromatic carbocycles. The molecular formula is C30H40N8O9S. The van der Waals surface area contributed by atoms with E-state index in [4.69, 9.17) is 11.5 Å². The fourth-order valence-electron chi connectivity index (χ4n) is 4.78. The van der Waals surface area contributed by atoms with E-state index in [1.54, 1.807) is 18.2 Å². The molecule has 17 nitrogen and oxygen atoms in total. The lowest BCUT2D eigenvalue weighted by atomic mass is 10.1. The molecule has 0 saturated heterocycles. The fraction of sp³-hybridized carbons (Fsp3) is 0.467. The van der Waals surface area contributed by atoms with Crippen molar-refractivity contribution in [1.29, 1.82) is 0 Å². The number of H-pyrrole nitrogens is 2. The Morgan fingerprint density at radius 1 is 0.958 bits per heavy atom. The molecule has 0 fully saturated rings. The zero-order chi connectivity index (χ0) is 35.2. The number of aldehydes is 1. The molecule has 0 aliphatic carbocycles. The number of carboxylic acid groups (broad SMARTS) is 2. The van der Waals surface area contributed by atoms with Crippen LogP contribution in [-0.4, -0.2) is 85.8 Å². The predicted octanol–water partition coefficient (Wildman–Crippen LogP) is 0.196. The van der Waals surface area contributed by atoms with Crippen molar-refractivity contribution >= 4 is 64.3 Å². The number of unbranched alkanes of at least 4 members (excludes halogenated alkanes) is 1. The predicted molar refractivity (Wildman–Crippen MR) is 175 cm³/mol. The number of carboxylic acids is 2. The Labute approximate surface area is 278 Å². The minimum absolute atomic E-state index is 0.0244. The number of amides is 3. The van der Waals surface area contributed by atoms with Gasteiger partial charge in [-0.2, -0.15) is 4.98 Å². The molecule has 0 spiro atoms. The summed E-state index contributed by atoms with van der Waals surface area (Å²) >= 11 is 1.23. The van der Waals surface area contributed by atoms with Gasteiger partial charge in [-0.25, -0.2) is 9.59 Å². The van der Waals surface area contributed by atoms with Crippen LogP contribution in [0.15, 0.2) is 23.0 Å². The second-order valence-electron chi connectivity index (χ2n) is 11.1. The van der Waals surface area contributed by atoms with E-state index in [0.717, 1.165) is 10.6 Å². The second-order valence-corrected chi connectivity index (χ2v) is 12.3. The molecule has 18 heteroatoms. The summed E-state index contributed by atoms with van der Waals surface area (Å²) in [6.45, 7) is 0.199. The number of nitrogens with zero attached hydrogens (tertiary/aromatic N) is 1. The van der Waals surface area contributed by atoms with Crippen molar-refractivity contribution in [3.05, 3.63) is 44.0 Å². The molecule has 3 aromatic heterocycles. The molecule has 3 atom stereocenters. The van der Waals surface area contributed by atoms with Crippen LogP contribution in [0, 0.1) is 0 Å². The summed E-state index contributed by atoms with van der Waals surface area (Å²) in [4.78, 5) is 93.6. The Hall–Kier alpha value is -5.10. The van der Waals surface area contributed by atoms with Gasteiger partial charge in [-0.1, -0.05) is 0 Å². The Morgan fingerprint density at radius 3 is 2.40 bits per heavy atom. The molecular weight excluding hydrogens is 648 g/mol. The Morgan fingerprint density at radius 2 is 1.69 bits per heavy atom. The number of nitrogens with one attached hydrogen (secondary N) is 5. The van der Waals surface area contributed by atoms with E-state index >= 15 is 0 Å². The van der Waals surface area contributed by atoms with Crippen LogP contribution < -0.4 is 33.0 Å². The highest BCUT2D eigenvalue weighted by Crippen LogP contribution is 2.20. The van der Waals surface area contributed by atoms with Crippen LogP contribution in [0.5, 0.6) is 0 Å². The zero-order valence-electron chi connectivity index (χ0n) is 26.1. The number of aryl methyl sites for hydroxylation is 2. The van der Waals surface area contributed by atoms with Gasteiger partial charge in [0, 0.05) is 30.0 Å². The Balaban J connectivity index is 1.36. The van der Waals surface area contributed by atoms with E-state index < -0.39 is 47.8 Å². The highest BCUT2D eigenvalue weighted by Gasteiger charge is 2.24. The average Bonchev–Trinajstić information content (AvgIpc) is 3.68. The largest absolute Gasteiger partial charge is 0.480 e. The number of carbonyl (C=O) groups is 6. The average molecular weight is 689 g/mol. The molecule has 0 saturated carbocycles. The molecule has 0 bridgehead atoms. The summed E-state index contributed by atoms with van der Waals surface area (Å²) in [6, 6.07) is 1.66. The lowest BCUT2D eigenvalue weighted by molar-refractivity contribution is -0.142. The number of hydrogen-bond donors (Lipinski definition) is 9. The van der Waals surface area contributed by atoms with Crippen LogP contribution in [-0.2, 0) is 36.8 Å². The van der Waals surface area contributed by atoms with Gasteiger partial charge in [-0.05, 0) is 69.6 Å². The molecule has 11 N–H and O–H groups in total. The third-order valence-corrected chi connectivity index (χ3v) is 8.52. The number of aromatic amines is 2. The number of hydrogen-bond acceptors (Lipinski definition) is 11. The van der Waals surface area contributed by atoms with Crippen molar-refractivity contribution in [2.75, 3.05) is 12.3 Å². The van der Waals surface area contributed by atoms with Crippen LogP contribution in [0.3, 0.4) is 0 Å². The summed E-state index contributed by atoms with van der Waals surface area (Å²) < 4.78 is 0. The van der Waals surface area contributed by atoms with Crippen LogP contribution >= 0.6 is 11.3 Å². The van der Waals surface area contributed by atoms with Crippen LogP contribution in [0.4, 0.5) is 5.95 Å². The third-order valence-electron chi connectivity index (χ3n) is 7.38. The van der Waals surface area contributed by atoms with E-state index in [9.17, 15) is 43.8 Å². The van der Waals surface area contributed by atoms with Gasteiger partial charge in [0.05, 0.1) is 16.3 Å². The molecule has 3 unspecified atom stereocenters. The highest BCUT2D eigenvalue weighted by atomic mass is 32.1. The van der Waals surface area contributed by atoms with E-state index in [0.29, 0.717) is 54.3 Å². The first-order valence-corrected chi connectivity index (χ1v) is 16.2. The standard InChI is InChI=1S/C30H40N8O9S/c31-19(7-4-14-39)26(42)35-20(28(44)45)8-1-2-13-33-23(40)12-10-21(29(46)47)36-27(43)22-11-9-17(48-22)6-3-5-16-15-18-24(34-16)37-30(32)38-25(18)41/h9,11,14-15,19-21H,1-8,10,12-13,31H2,(H,33,40)(H,35,42)(H,36,43)(H,44,45)(H,46,47)(H4,32,34,37,38,41). The number of anilines is 1. The van der Waals surface area contributed by atoms with Crippen molar-refractivity contribution in [3.63, 3.8) is 0 Å². The minimum Gasteiger partial charge on any atom is -0.480 e. The normalized spacial score (nSPS) is 12.9. The van der Waals surface area contributed by atoms with Gasteiger partial charge >= 0.3 is 11.9 Å². The number of thiophene rings is 1. The van der Waals surface area contributed by atoms with Crippen molar-refractivity contribution in [3.8, 4) is 0 Å². The number of aliphatic carboxylic acids is 2. The fourth-order valence-corrected chi connectivity index (χ4v) is 5.73. The first kappa shape index (κ1) is 37.4. The molecule has 0 aliphatic rings. The highest BCUT2D eigenvalue weighted by molar-refractivity contribution is 7.14. The van der Waals surface area contributed by atoms with Gasteiger partial charge in [0.15, 0.2) is 0 Å². The maximum atomic E-state index is 12.8. The summed E-state index contributed by atoms with van der Waals surface area (Å²) in [5, 5.41) is 26.8. The number of nitrogen functional groups attached to an aromatic ring is 1. The summed E-state index contributed by atoms with van der Waals surface area (Å²) in [5.41, 5.74) is 12.1. The van der Waals surface area contributed by atoms with Crippen LogP contribution in [0.25, 0.3) is 11.0 Å². The summed E-state index contributed by atoms with van der Waals surface area (Å²) in [6.07, 6.45) is 3.32. The van der Waals surface area contributed by atoms with Gasteiger partial charge in [0.2, 0.25) is 17.8 Å². The van der Waals surface area contributed by atoms with Crippen molar-refractivity contribution in [1.82, 2.24) is 30.9 Å². The van der Waals surface area contributed by atoms with Crippen LogP contribution in [0.2, 0.25) is 0 Å². The van der Waals surface area contributed by atoms with Gasteiger partial charge in [-0.15, -0.1) is 11.3 Å². The maximum absolute atomic E-state index is 12.8. The number of fused-ring (bicyclic) bond motifs is 1. The lowest BCUT2D eigenvalue weighted by Crippen LogP contribution is -2.48. The second kappa shape index (κ2) is 18.3. The molecule has 0 radical (unpaired) electrons. The number of nitrogens with two attached hydrogens (primary N) is 2. The van der Waals surface area contributed by atoms with E-state index in [1.807, 2.05) is 0 Å². The number of carbonyl (C=O) groups excluding carboxylic acids is 4. The minimum atomic E-state index is -1.29. The molecule has 3 aromatic rings. The monoisotopic (exact) mass is 688 g/mol. The molecule has 3 heterocycles. The van der Waals surface area contributed by atoms with Gasteiger partial charge in [0.25, 0.3) is 11.5 Å². The van der Waals surface area contributed by atoms with Gasteiger partial charge in [0.1, 0.15) is 24.0 Å². The number of aromatic nitrogens is 3. The van der Waals surface area contributed by atoms with Gasteiger partial charge < -0.3 is 47.4 Å². The molecule has 48 heavy (non-hydrogen) atoms. The number of rotatable bonds is 21. The first-order valence-electron chi connectivity index (χ1n) is 15.4. The van der Waals surface area contributed by atoms with Gasteiger partial charge in [-0.3, -0.25) is 24.2 Å². The Kier molecular flexibility index (Phi) is 14.2. The quantitative estimate of drug-likeness (QED) is 0.0536. The maximum Gasteiger partial charge on any atom is 0.326 e. The van der Waals surface area contributed by atoms with Crippen molar-refractivity contribution in [2.45, 2.75) is 82.3 Å². The van der Waals surface area contributed by atoms with E-state index in [2.05, 4.69) is 30.9 Å². The van der Waals surface area contributed by atoms with E-state index in [-0.39, 0.29) is 50.2 Å². The zero-order valence-corrected chi connectivity index (χ0v) is 26.9. The molecule has 3 amide bonds. The summed E-state index contributed by atoms with van der Waals surface area (Å²) in [7, 11) is 0. The molecule has 0 aliphatic heterocycles. The van der Waals surface area contributed by atoms with Crippen LogP contribution in [0.1, 0.15) is 71.6 Å². The molecule has 3 rings (SSSR count). The SMILES string of the molecule is Nc1nc2[nH]c(CCCc3ccc(C(=O)NC(CCC(=O)NCCCCC(NC(=O)C(N)CCC=O)C(=O)O)C(=O)O)s3)cc2c(=O)[nH]1. The topological polar surface area (TPSA) is 293 Å². The third kappa shape index (κ3) is 11.6. The smallest absolute Gasteiger partial charge is 0.326 e. The Bertz CT molecular complexity index is 1670. The first-order chi connectivity index (χ1) is 22.9. The van der Waals surface area contributed by atoms with Crippen molar-refractivity contribution in [2.24, 2.45) is 5.73 Å².